The molecule has 0 spiro atoms. The van der Waals surface area contributed by atoms with E-state index in [-0.39, 0.29) is 0 Å². The fraction of sp³-hybridized carbons (Fsp3) is 0.571. The maximum Gasteiger partial charge on any atom is 0.243 e. The fourth-order valence-corrected chi connectivity index (χ4v) is 4.12. The lowest BCUT2D eigenvalue weighted by molar-refractivity contribution is 0.135. The summed E-state index contributed by atoms with van der Waals surface area (Å²) in [6, 6.07) is 3.38. The first-order valence-corrected chi connectivity index (χ1v) is 8.23. The molecule has 1 rings (SSSR count). The molecule has 6 heteroatoms. The van der Waals surface area contributed by atoms with Gasteiger partial charge in [-0.3, -0.25) is 0 Å². The predicted molar refractivity (Wildman–Crippen MR) is 81.3 cm³/mol. The Balaban J connectivity index is 3.14. The average Bonchev–Trinajstić information content (AvgIpc) is 2.32. The average molecular weight is 300 g/mol. The molecule has 2 N–H and O–H groups in total. The highest BCUT2D eigenvalue weighted by Gasteiger charge is 2.26. The van der Waals surface area contributed by atoms with Crippen molar-refractivity contribution in [3.05, 3.63) is 23.3 Å². The summed E-state index contributed by atoms with van der Waals surface area (Å²) in [6.07, 6.45) is 0. The number of likely N-dealkylation sites (N-methyl/N-ethyl adjacent to an activating group) is 1. The number of hydrogen-bond acceptors (Lipinski definition) is 4. The van der Waals surface area contributed by atoms with Crippen molar-refractivity contribution in [3.8, 4) is 0 Å². The first-order chi connectivity index (χ1) is 9.34. The number of hydrogen-bond donors (Lipinski definition) is 1. The van der Waals surface area contributed by atoms with E-state index in [9.17, 15) is 8.42 Å². The van der Waals surface area contributed by atoms with Crippen molar-refractivity contribution < 1.29 is 13.2 Å². The topological polar surface area (TPSA) is 72.6 Å². The van der Waals surface area contributed by atoms with Crippen molar-refractivity contribution in [2.75, 3.05) is 32.0 Å². The van der Waals surface area contributed by atoms with Crippen LogP contribution in [0.2, 0.25) is 0 Å². The Kier molecular flexibility index (Phi) is 5.98. The predicted octanol–water partition coefficient (Wildman–Crippen LogP) is 1.93. The molecule has 20 heavy (non-hydrogen) atoms. The first-order valence-electron chi connectivity index (χ1n) is 6.79. The smallest absolute Gasteiger partial charge is 0.243 e. The number of nitrogens with two attached hydrogens (primary N) is 1. The van der Waals surface area contributed by atoms with Gasteiger partial charge in [0.25, 0.3) is 0 Å². The number of anilines is 1. The minimum atomic E-state index is -3.51. The van der Waals surface area contributed by atoms with Crippen LogP contribution in [0.3, 0.4) is 0 Å². The molecular formula is C14H24N2O3S. The third-order valence-corrected chi connectivity index (χ3v) is 5.40. The van der Waals surface area contributed by atoms with Crippen LogP contribution in [-0.4, -0.2) is 39.0 Å². The summed E-state index contributed by atoms with van der Waals surface area (Å²) in [5, 5.41) is 0. The Bertz CT molecular complexity index is 533. The van der Waals surface area contributed by atoms with E-state index in [0.29, 0.717) is 48.0 Å². The van der Waals surface area contributed by atoms with E-state index in [1.165, 1.54) is 4.31 Å². The number of ether oxygens (including phenoxy) is 1. The zero-order chi connectivity index (χ0) is 15.3. The highest BCUT2D eigenvalue weighted by Crippen LogP contribution is 2.26. The molecule has 1 aromatic rings. The summed E-state index contributed by atoms with van der Waals surface area (Å²) in [6.45, 7) is 9.01. The number of nitrogens with zero attached hydrogens (tertiary/aromatic N) is 1. The van der Waals surface area contributed by atoms with Gasteiger partial charge in [-0.2, -0.15) is 4.31 Å². The van der Waals surface area contributed by atoms with Gasteiger partial charge in [0.15, 0.2) is 0 Å². The minimum Gasteiger partial charge on any atom is -0.399 e. The number of rotatable bonds is 7. The van der Waals surface area contributed by atoms with Crippen molar-refractivity contribution in [1.29, 1.82) is 0 Å². The number of benzene rings is 1. The van der Waals surface area contributed by atoms with E-state index in [0.717, 1.165) is 0 Å². The van der Waals surface area contributed by atoms with Gasteiger partial charge in [0.2, 0.25) is 10.0 Å². The largest absolute Gasteiger partial charge is 0.399 e. The molecule has 0 unspecified atom stereocenters. The normalized spacial score (nSPS) is 12.1. The van der Waals surface area contributed by atoms with Gasteiger partial charge in [-0.25, -0.2) is 8.42 Å². The van der Waals surface area contributed by atoms with Crippen LogP contribution in [0.1, 0.15) is 25.0 Å². The molecule has 1 aromatic carbocycles. The van der Waals surface area contributed by atoms with E-state index in [2.05, 4.69) is 0 Å². The second-order valence-electron chi connectivity index (χ2n) is 4.68. The molecule has 0 aromatic heterocycles. The number of aryl methyl sites for hydroxylation is 2. The van der Waals surface area contributed by atoms with Crippen LogP contribution in [-0.2, 0) is 14.8 Å². The van der Waals surface area contributed by atoms with Crippen molar-refractivity contribution in [1.82, 2.24) is 4.31 Å². The van der Waals surface area contributed by atoms with E-state index in [1.54, 1.807) is 26.0 Å². The summed E-state index contributed by atoms with van der Waals surface area (Å²) in [5.41, 5.74) is 7.69. The molecule has 0 bridgehead atoms. The zero-order valence-corrected chi connectivity index (χ0v) is 13.5. The van der Waals surface area contributed by atoms with Crippen LogP contribution in [0.15, 0.2) is 17.0 Å². The Labute approximate surface area is 121 Å². The van der Waals surface area contributed by atoms with Crippen molar-refractivity contribution >= 4 is 15.7 Å². The van der Waals surface area contributed by atoms with E-state index < -0.39 is 10.0 Å². The molecule has 0 atom stereocenters. The summed E-state index contributed by atoms with van der Waals surface area (Å²) in [4.78, 5) is 0.352. The molecule has 0 saturated carbocycles. The molecule has 0 saturated heterocycles. The van der Waals surface area contributed by atoms with Gasteiger partial charge in [0.05, 0.1) is 11.5 Å². The van der Waals surface area contributed by atoms with E-state index in [4.69, 9.17) is 10.5 Å². The SMILES string of the molecule is CCOCCN(CC)S(=O)(=O)c1c(C)cc(N)cc1C. The lowest BCUT2D eigenvalue weighted by Gasteiger charge is -2.23. The summed E-state index contributed by atoms with van der Waals surface area (Å²) in [7, 11) is -3.51. The molecule has 0 amide bonds. The van der Waals surface area contributed by atoms with Gasteiger partial charge in [0, 0.05) is 25.4 Å². The van der Waals surface area contributed by atoms with Gasteiger partial charge in [0.1, 0.15) is 0 Å². The van der Waals surface area contributed by atoms with Crippen LogP contribution in [0.5, 0.6) is 0 Å². The maximum absolute atomic E-state index is 12.7. The Morgan fingerprint density at radius 2 is 1.75 bits per heavy atom. The monoisotopic (exact) mass is 300 g/mol. The molecule has 0 aliphatic heterocycles. The first kappa shape index (κ1) is 16.9. The van der Waals surface area contributed by atoms with Crippen molar-refractivity contribution in [2.24, 2.45) is 0 Å². The molecule has 0 fully saturated rings. The maximum atomic E-state index is 12.7. The second-order valence-corrected chi connectivity index (χ2v) is 6.55. The molecule has 0 radical (unpaired) electrons. The number of sulfonamides is 1. The van der Waals surface area contributed by atoms with Gasteiger partial charge < -0.3 is 10.5 Å². The summed E-state index contributed by atoms with van der Waals surface area (Å²) in [5.74, 6) is 0. The summed E-state index contributed by atoms with van der Waals surface area (Å²) < 4.78 is 32.2. The molecule has 0 aliphatic carbocycles. The highest BCUT2D eigenvalue weighted by atomic mass is 32.2. The van der Waals surface area contributed by atoms with E-state index in [1.807, 2.05) is 13.8 Å². The van der Waals surface area contributed by atoms with Crippen LogP contribution in [0, 0.1) is 13.8 Å². The van der Waals surface area contributed by atoms with Crippen LogP contribution in [0.25, 0.3) is 0 Å². The Hall–Kier alpha value is -1.11. The number of nitrogen functional groups attached to an aromatic ring is 1. The van der Waals surface area contributed by atoms with E-state index >= 15 is 0 Å². The Morgan fingerprint density at radius 3 is 2.20 bits per heavy atom. The lowest BCUT2D eigenvalue weighted by atomic mass is 10.1. The minimum absolute atomic E-state index is 0.352. The third-order valence-electron chi connectivity index (χ3n) is 3.12. The molecule has 0 heterocycles. The molecule has 0 aliphatic rings. The van der Waals surface area contributed by atoms with Gasteiger partial charge in [-0.05, 0) is 44.0 Å². The molecule has 5 nitrogen and oxygen atoms in total. The zero-order valence-electron chi connectivity index (χ0n) is 12.6. The lowest BCUT2D eigenvalue weighted by Crippen LogP contribution is -2.34. The highest BCUT2D eigenvalue weighted by molar-refractivity contribution is 7.89. The third kappa shape index (κ3) is 3.71. The van der Waals surface area contributed by atoms with Crippen molar-refractivity contribution in [3.63, 3.8) is 0 Å². The fourth-order valence-electron chi connectivity index (χ4n) is 2.28. The quantitative estimate of drug-likeness (QED) is 0.617. The van der Waals surface area contributed by atoms with Crippen LogP contribution < -0.4 is 5.73 Å². The summed E-state index contributed by atoms with van der Waals surface area (Å²) >= 11 is 0. The molecule has 114 valence electrons. The second kappa shape index (κ2) is 7.06. The standard InChI is InChI=1S/C14H24N2O3S/c1-5-16(7-8-19-6-2)20(17,18)14-11(3)9-13(15)10-12(14)4/h9-10H,5-8,15H2,1-4H3. The van der Waals surface area contributed by atoms with Gasteiger partial charge >= 0.3 is 0 Å². The molecular weight excluding hydrogens is 276 g/mol. The van der Waals surface area contributed by atoms with Crippen LogP contribution >= 0.6 is 0 Å². The van der Waals surface area contributed by atoms with Crippen molar-refractivity contribution in [2.45, 2.75) is 32.6 Å². The Morgan fingerprint density at radius 1 is 1.20 bits per heavy atom. The van der Waals surface area contributed by atoms with Gasteiger partial charge in [-0.15, -0.1) is 0 Å². The van der Waals surface area contributed by atoms with Gasteiger partial charge in [-0.1, -0.05) is 6.92 Å². The van der Waals surface area contributed by atoms with Crippen LogP contribution in [0.4, 0.5) is 5.69 Å².